The van der Waals surface area contributed by atoms with Gasteiger partial charge in [-0.15, -0.1) is 0 Å². The molecule has 35 heavy (non-hydrogen) atoms. The maximum atomic E-state index is 13.5. The van der Waals surface area contributed by atoms with E-state index < -0.39 is 0 Å². The van der Waals surface area contributed by atoms with Gasteiger partial charge in [0.1, 0.15) is 11.7 Å². The number of hydrogen-bond donors (Lipinski definition) is 1. The van der Waals surface area contributed by atoms with E-state index in [9.17, 15) is 14.7 Å². The van der Waals surface area contributed by atoms with Crippen molar-refractivity contribution >= 4 is 11.8 Å². The standard InChI is InChI=1S/C28H41N3O4/c1-19(2)10-9-11-22-14-24-26(29-15-22)35-25(20(3)16-31(28(24)34)21(4)18-32)17-30(5)27(33)23-12-7-6-8-13-23/h14-15,19-21,23,25,32H,6-8,10,12-13,16-18H2,1-5H3/t20-,21-,25+/m0/s1. The molecule has 7 nitrogen and oxygen atoms in total. The third kappa shape index (κ3) is 6.98. The Hall–Kier alpha value is -2.59. The number of hydrogen-bond acceptors (Lipinski definition) is 5. The first-order valence-electron chi connectivity index (χ1n) is 13.0. The largest absolute Gasteiger partial charge is 0.472 e. The van der Waals surface area contributed by atoms with Gasteiger partial charge >= 0.3 is 0 Å². The molecule has 3 rings (SSSR count). The van der Waals surface area contributed by atoms with Gasteiger partial charge in [0.25, 0.3) is 5.91 Å². The number of likely N-dealkylation sites (N-methyl/N-ethyl adjacent to an activating group) is 1. The Balaban J connectivity index is 1.88. The molecule has 1 aliphatic carbocycles. The molecule has 1 aromatic rings. The predicted molar refractivity (Wildman–Crippen MR) is 136 cm³/mol. The van der Waals surface area contributed by atoms with E-state index in [2.05, 4.69) is 30.7 Å². The van der Waals surface area contributed by atoms with Crippen LogP contribution in [0.15, 0.2) is 12.3 Å². The smallest absolute Gasteiger partial charge is 0.259 e. The van der Waals surface area contributed by atoms with Gasteiger partial charge in [-0.1, -0.05) is 51.9 Å². The fourth-order valence-electron chi connectivity index (χ4n) is 4.77. The highest BCUT2D eigenvalue weighted by Crippen LogP contribution is 2.29. The van der Waals surface area contributed by atoms with E-state index in [0.29, 0.717) is 30.1 Å². The van der Waals surface area contributed by atoms with Gasteiger partial charge in [-0.3, -0.25) is 9.59 Å². The van der Waals surface area contributed by atoms with Crippen molar-refractivity contribution in [1.82, 2.24) is 14.8 Å². The molecule has 0 radical (unpaired) electrons. The summed E-state index contributed by atoms with van der Waals surface area (Å²) in [5, 5.41) is 9.84. The van der Waals surface area contributed by atoms with Gasteiger partial charge < -0.3 is 19.6 Å². The molecular weight excluding hydrogens is 442 g/mol. The number of aromatic nitrogens is 1. The lowest BCUT2D eigenvalue weighted by Crippen LogP contribution is -2.51. The molecule has 1 aliphatic heterocycles. The number of ether oxygens (including phenoxy) is 1. The summed E-state index contributed by atoms with van der Waals surface area (Å²) in [4.78, 5) is 34.5. The van der Waals surface area contributed by atoms with Gasteiger partial charge in [0, 0.05) is 43.6 Å². The number of carbonyl (C=O) groups excluding carboxylic acids is 2. The Morgan fingerprint density at radius 1 is 1.29 bits per heavy atom. The Kier molecular flexibility index (Phi) is 9.56. The molecule has 1 N–H and O–H groups in total. The second-order valence-corrected chi connectivity index (χ2v) is 10.7. The van der Waals surface area contributed by atoms with Crippen LogP contribution in [0.2, 0.25) is 0 Å². The second-order valence-electron chi connectivity index (χ2n) is 10.7. The number of amides is 2. The van der Waals surface area contributed by atoms with Gasteiger partial charge in [-0.05, 0) is 31.7 Å². The van der Waals surface area contributed by atoms with Crippen LogP contribution >= 0.6 is 0 Å². The zero-order chi connectivity index (χ0) is 25.5. The van der Waals surface area contributed by atoms with Crippen LogP contribution in [0.4, 0.5) is 0 Å². The molecule has 1 saturated carbocycles. The van der Waals surface area contributed by atoms with Crippen LogP contribution in [-0.2, 0) is 4.79 Å². The first-order chi connectivity index (χ1) is 16.7. The molecule has 1 fully saturated rings. The third-order valence-corrected chi connectivity index (χ3v) is 7.05. The summed E-state index contributed by atoms with van der Waals surface area (Å²) < 4.78 is 6.32. The van der Waals surface area contributed by atoms with E-state index in [0.717, 1.165) is 32.1 Å². The zero-order valence-electron chi connectivity index (χ0n) is 21.9. The number of carbonyl (C=O) groups is 2. The topological polar surface area (TPSA) is 83.0 Å². The van der Waals surface area contributed by atoms with Crippen LogP contribution in [0.3, 0.4) is 0 Å². The maximum Gasteiger partial charge on any atom is 0.259 e. The minimum absolute atomic E-state index is 0.0602. The van der Waals surface area contributed by atoms with Crippen molar-refractivity contribution in [2.24, 2.45) is 17.8 Å². The minimum atomic E-state index is -0.353. The summed E-state index contributed by atoms with van der Waals surface area (Å²) in [7, 11) is 1.84. The summed E-state index contributed by atoms with van der Waals surface area (Å²) in [6.07, 6.45) is 7.38. The molecule has 0 bridgehead atoms. The fourth-order valence-corrected chi connectivity index (χ4v) is 4.77. The van der Waals surface area contributed by atoms with Crippen molar-refractivity contribution < 1.29 is 19.4 Å². The van der Waals surface area contributed by atoms with Crippen molar-refractivity contribution in [1.29, 1.82) is 0 Å². The summed E-state index contributed by atoms with van der Waals surface area (Å²) in [6, 6.07) is 1.38. The number of aliphatic hydroxyl groups excluding tert-OH is 1. The van der Waals surface area contributed by atoms with Crippen LogP contribution in [0.1, 0.15) is 82.1 Å². The molecule has 2 heterocycles. The third-order valence-electron chi connectivity index (χ3n) is 7.05. The molecular formula is C28H41N3O4. The van der Waals surface area contributed by atoms with Gasteiger partial charge in [0.15, 0.2) is 0 Å². The first kappa shape index (κ1) is 27.0. The Bertz CT molecular complexity index is 945. The Morgan fingerprint density at radius 3 is 2.66 bits per heavy atom. The quantitative estimate of drug-likeness (QED) is 0.624. The summed E-state index contributed by atoms with van der Waals surface area (Å²) in [5.41, 5.74) is 1.01. The van der Waals surface area contributed by atoms with Crippen molar-refractivity contribution in [2.45, 2.75) is 78.4 Å². The molecule has 0 unspecified atom stereocenters. The van der Waals surface area contributed by atoms with Crippen LogP contribution < -0.4 is 4.74 Å². The lowest BCUT2D eigenvalue weighted by Gasteiger charge is -2.38. The highest BCUT2D eigenvalue weighted by atomic mass is 16.5. The molecule has 7 heteroatoms. The number of rotatable bonds is 6. The van der Waals surface area contributed by atoms with E-state index >= 15 is 0 Å². The minimum Gasteiger partial charge on any atom is -0.472 e. The second kappa shape index (κ2) is 12.4. The highest BCUT2D eigenvalue weighted by molar-refractivity contribution is 5.97. The molecule has 0 saturated heterocycles. The number of nitrogens with zero attached hydrogens (tertiary/aromatic N) is 3. The van der Waals surface area contributed by atoms with Gasteiger partial charge in [-0.25, -0.2) is 4.98 Å². The first-order valence-corrected chi connectivity index (χ1v) is 13.0. The average molecular weight is 484 g/mol. The molecule has 2 aliphatic rings. The highest BCUT2D eigenvalue weighted by Gasteiger charge is 2.35. The summed E-state index contributed by atoms with van der Waals surface area (Å²) >= 11 is 0. The van der Waals surface area contributed by atoms with Crippen molar-refractivity contribution in [3.05, 3.63) is 23.4 Å². The summed E-state index contributed by atoms with van der Waals surface area (Å²) in [5.74, 6) is 6.93. The normalized spacial score (nSPS) is 21.8. The van der Waals surface area contributed by atoms with E-state index in [-0.39, 0.29) is 48.3 Å². The monoisotopic (exact) mass is 483 g/mol. The van der Waals surface area contributed by atoms with Crippen LogP contribution in [-0.4, -0.2) is 70.6 Å². The lowest BCUT2D eigenvalue weighted by molar-refractivity contribution is -0.136. The lowest BCUT2D eigenvalue weighted by atomic mass is 9.88. The van der Waals surface area contributed by atoms with Crippen LogP contribution in [0.5, 0.6) is 5.88 Å². The van der Waals surface area contributed by atoms with Crippen molar-refractivity contribution in [2.75, 3.05) is 26.7 Å². The van der Waals surface area contributed by atoms with E-state index in [1.807, 2.05) is 20.9 Å². The van der Waals surface area contributed by atoms with Crippen molar-refractivity contribution in [3.63, 3.8) is 0 Å². The van der Waals surface area contributed by atoms with Gasteiger partial charge in [0.05, 0.1) is 19.2 Å². The van der Waals surface area contributed by atoms with E-state index in [4.69, 9.17) is 4.74 Å². The van der Waals surface area contributed by atoms with E-state index in [1.54, 1.807) is 22.1 Å². The summed E-state index contributed by atoms with van der Waals surface area (Å²) in [6.45, 7) is 8.76. The number of pyridine rings is 1. The molecule has 1 aromatic heterocycles. The van der Waals surface area contributed by atoms with Crippen molar-refractivity contribution in [3.8, 4) is 17.7 Å². The Labute approximate surface area is 210 Å². The fraction of sp³-hybridized carbons (Fsp3) is 0.679. The average Bonchev–Trinajstić information content (AvgIpc) is 2.85. The number of aliphatic hydroxyl groups is 1. The molecule has 0 aromatic carbocycles. The maximum absolute atomic E-state index is 13.5. The molecule has 3 atom stereocenters. The predicted octanol–water partition coefficient (Wildman–Crippen LogP) is 3.74. The zero-order valence-corrected chi connectivity index (χ0v) is 21.9. The SMILES string of the molecule is CC(C)CC#Cc1cnc2c(c1)C(=O)N([C@@H](C)CO)C[C@H](C)[C@@H](CN(C)C(=O)C1CCCCC1)O2. The molecule has 2 amide bonds. The Morgan fingerprint density at radius 2 is 2.00 bits per heavy atom. The molecule has 0 spiro atoms. The van der Waals surface area contributed by atoms with Gasteiger partial charge in [0.2, 0.25) is 11.8 Å². The van der Waals surface area contributed by atoms with Crippen LogP contribution in [0, 0.1) is 29.6 Å². The van der Waals surface area contributed by atoms with E-state index in [1.165, 1.54) is 6.42 Å². The van der Waals surface area contributed by atoms with Gasteiger partial charge in [-0.2, -0.15) is 0 Å². The number of fused-ring (bicyclic) bond motifs is 1. The molecule has 192 valence electrons. The van der Waals surface area contributed by atoms with Crippen LogP contribution in [0.25, 0.3) is 0 Å².